The molecule has 1 unspecified atom stereocenters. The topological polar surface area (TPSA) is 71.2 Å². The molecule has 0 bridgehead atoms. The molecule has 6 heteroatoms. The standard InChI is InChI=1S/C11H18N4OS/c1-8(7-17-3)15(2)11(16)10-5-4-9(14-12)6-13-10/h4-6,8,14H,7,12H2,1-3H3. The number of hydrogen-bond donors (Lipinski definition) is 2. The fraction of sp³-hybridized carbons (Fsp3) is 0.455. The number of hydrogen-bond acceptors (Lipinski definition) is 5. The maximum absolute atomic E-state index is 12.1. The van der Waals surface area contributed by atoms with Crippen molar-refractivity contribution in [1.82, 2.24) is 9.88 Å². The summed E-state index contributed by atoms with van der Waals surface area (Å²) < 4.78 is 0. The third-order valence-electron chi connectivity index (χ3n) is 2.54. The molecule has 0 aliphatic rings. The van der Waals surface area contributed by atoms with Gasteiger partial charge in [-0.05, 0) is 25.3 Å². The summed E-state index contributed by atoms with van der Waals surface area (Å²) in [6, 6.07) is 3.58. The number of anilines is 1. The van der Waals surface area contributed by atoms with E-state index in [0.29, 0.717) is 11.4 Å². The molecule has 0 saturated carbocycles. The zero-order chi connectivity index (χ0) is 12.8. The molecule has 1 atom stereocenters. The normalized spacial score (nSPS) is 12.0. The molecule has 1 aromatic rings. The van der Waals surface area contributed by atoms with Gasteiger partial charge in [-0.2, -0.15) is 11.8 Å². The second-order valence-electron chi connectivity index (χ2n) is 3.80. The van der Waals surface area contributed by atoms with E-state index in [-0.39, 0.29) is 11.9 Å². The Kier molecular flexibility index (Phi) is 5.24. The molecule has 0 spiro atoms. The van der Waals surface area contributed by atoms with E-state index in [1.54, 1.807) is 42.0 Å². The Bertz CT molecular complexity index is 368. The number of rotatable bonds is 5. The van der Waals surface area contributed by atoms with Crippen molar-refractivity contribution in [1.29, 1.82) is 0 Å². The average molecular weight is 254 g/mol. The van der Waals surface area contributed by atoms with E-state index in [9.17, 15) is 4.79 Å². The van der Waals surface area contributed by atoms with Crippen molar-refractivity contribution in [2.45, 2.75) is 13.0 Å². The molecule has 17 heavy (non-hydrogen) atoms. The molecule has 1 aromatic heterocycles. The Morgan fingerprint density at radius 2 is 2.35 bits per heavy atom. The van der Waals surface area contributed by atoms with Gasteiger partial charge in [0.1, 0.15) is 5.69 Å². The third-order valence-corrected chi connectivity index (χ3v) is 3.35. The van der Waals surface area contributed by atoms with Crippen LogP contribution >= 0.6 is 11.8 Å². The highest BCUT2D eigenvalue weighted by Crippen LogP contribution is 2.10. The molecule has 0 aliphatic carbocycles. The third kappa shape index (κ3) is 3.61. The highest BCUT2D eigenvalue weighted by atomic mass is 32.2. The average Bonchev–Trinajstić information content (AvgIpc) is 2.37. The first-order chi connectivity index (χ1) is 8.10. The first-order valence-electron chi connectivity index (χ1n) is 5.29. The summed E-state index contributed by atoms with van der Waals surface area (Å²) in [5.41, 5.74) is 3.59. The van der Waals surface area contributed by atoms with Crippen LogP contribution in [0.4, 0.5) is 5.69 Å². The maximum atomic E-state index is 12.1. The van der Waals surface area contributed by atoms with Gasteiger partial charge in [-0.15, -0.1) is 0 Å². The van der Waals surface area contributed by atoms with Gasteiger partial charge < -0.3 is 10.3 Å². The zero-order valence-electron chi connectivity index (χ0n) is 10.3. The molecule has 0 radical (unpaired) electrons. The molecule has 94 valence electrons. The highest BCUT2D eigenvalue weighted by Gasteiger charge is 2.17. The summed E-state index contributed by atoms with van der Waals surface area (Å²) >= 11 is 1.72. The quantitative estimate of drug-likeness (QED) is 0.610. The van der Waals surface area contributed by atoms with Gasteiger partial charge in [0.05, 0.1) is 11.9 Å². The molecule has 0 saturated heterocycles. The molecule has 5 nitrogen and oxygen atoms in total. The summed E-state index contributed by atoms with van der Waals surface area (Å²) in [5, 5.41) is 0. The van der Waals surface area contributed by atoms with Crippen LogP contribution in [0, 0.1) is 0 Å². The zero-order valence-corrected chi connectivity index (χ0v) is 11.1. The molecule has 0 aliphatic heterocycles. The second kappa shape index (κ2) is 6.46. The van der Waals surface area contributed by atoms with Gasteiger partial charge in [-0.1, -0.05) is 0 Å². The lowest BCUT2D eigenvalue weighted by molar-refractivity contribution is 0.0751. The summed E-state index contributed by atoms with van der Waals surface area (Å²) in [5.74, 6) is 6.07. The SMILES string of the molecule is CSCC(C)N(C)C(=O)c1ccc(NN)cn1. The molecule has 1 amide bonds. The number of carbonyl (C=O) groups is 1. The lowest BCUT2D eigenvalue weighted by Gasteiger charge is -2.23. The minimum Gasteiger partial charge on any atom is -0.337 e. The molecule has 3 N–H and O–H groups in total. The fourth-order valence-corrected chi connectivity index (χ4v) is 2.05. The number of nitrogens with two attached hydrogens (primary N) is 1. The van der Waals surface area contributed by atoms with Gasteiger partial charge in [0, 0.05) is 18.8 Å². The van der Waals surface area contributed by atoms with E-state index in [2.05, 4.69) is 10.4 Å². The molecular formula is C11H18N4OS. The Morgan fingerprint density at radius 1 is 1.65 bits per heavy atom. The number of nitrogen functional groups attached to an aromatic ring is 1. The minimum atomic E-state index is -0.0740. The minimum absolute atomic E-state index is 0.0740. The van der Waals surface area contributed by atoms with Gasteiger partial charge in [0.25, 0.3) is 5.91 Å². The monoisotopic (exact) mass is 254 g/mol. The smallest absolute Gasteiger partial charge is 0.272 e. The summed E-state index contributed by atoms with van der Waals surface area (Å²) in [6.07, 6.45) is 3.56. The maximum Gasteiger partial charge on any atom is 0.272 e. The number of pyridine rings is 1. The first kappa shape index (κ1) is 13.8. The molecule has 0 aromatic carbocycles. The predicted molar refractivity (Wildman–Crippen MR) is 72.0 cm³/mol. The van der Waals surface area contributed by atoms with E-state index in [0.717, 1.165) is 5.75 Å². The Morgan fingerprint density at radius 3 is 2.82 bits per heavy atom. The first-order valence-corrected chi connectivity index (χ1v) is 6.68. The van der Waals surface area contributed by atoms with E-state index in [1.165, 1.54) is 0 Å². The van der Waals surface area contributed by atoms with Gasteiger partial charge in [-0.25, -0.2) is 4.98 Å². The molecule has 1 rings (SSSR count). The van der Waals surface area contributed by atoms with Crippen LogP contribution in [0.2, 0.25) is 0 Å². The van der Waals surface area contributed by atoms with E-state index in [1.807, 2.05) is 13.2 Å². The Hall–Kier alpha value is -1.27. The number of amides is 1. The number of carbonyl (C=O) groups excluding carboxylic acids is 1. The van der Waals surface area contributed by atoms with E-state index >= 15 is 0 Å². The predicted octanol–water partition coefficient (Wildman–Crippen LogP) is 1.19. The highest BCUT2D eigenvalue weighted by molar-refractivity contribution is 7.98. The van der Waals surface area contributed by atoms with Gasteiger partial charge in [0.2, 0.25) is 0 Å². The summed E-state index contributed by atoms with van der Waals surface area (Å²) in [6.45, 7) is 2.02. The molecule has 0 fully saturated rings. The van der Waals surface area contributed by atoms with Crippen molar-refractivity contribution < 1.29 is 4.79 Å². The van der Waals surface area contributed by atoms with Crippen LogP contribution in [0.1, 0.15) is 17.4 Å². The van der Waals surface area contributed by atoms with Gasteiger partial charge in [0.15, 0.2) is 0 Å². The van der Waals surface area contributed by atoms with Crippen molar-refractivity contribution in [3.8, 4) is 0 Å². The van der Waals surface area contributed by atoms with E-state index < -0.39 is 0 Å². The van der Waals surface area contributed by atoms with Crippen molar-refractivity contribution in [3.05, 3.63) is 24.0 Å². The van der Waals surface area contributed by atoms with Gasteiger partial charge in [-0.3, -0.25) is 10.6 Å². The summed E-state index contributed by atoms with van der Waals surface area (Å²) in [7, 11) is 1.79. The lowest BCUT2D eigenvalue weighted by atomic mass is 10.2. The van der Waals surface area contributed by atoms with Crippen LogP contribution in [0.15, 0.2) is 18.3 Å². The Balaban J connectivity index is 2.74. The number of hydrazine groups is 1. The second-order valence-corrected chi connectivity index (χ2v) is 4.71. The number of aromatic nitrogens is 1. The van der Waals surface area contributed by atoms with Crippen LogP contribution < -0.4 is 11.3 Å². The largest absolute Gasteiger partial charge is 0.337 e. The van der Waals surface area contributed by atoms with Crippen LogP contribution in [0.3, 0.4) is 0 Å². The lowest BCUT2D eigenvalue weighted by Crippen LogP contribution is -2.37. The van der Waals surface area contributed by atoms with Crippen LogP contribution in [0.5, 0.6) is 0 Å². The van der Waals surface area contributed by atoms with E-state index in [4.69, 9.17) is 5.84 Å². The molecular weight excluding hydrogens is 236 g/mol. The van der Waals surface area contributed by atoms with Crippen molar-refractivity contribution in [3.63, 3.8) is 0 Å². The van der Waals surface area contributed by atoms with Crippen molar-refractivity contribution in [2.75, 3.05) is 24.5 Å². The van der Waals surface area contributed by atoms with Crippen LogP contribution in [0.25, 0.3) is 0 Å². The summed E-state index contributed by atoms with van der Waals surface area (Å²) in [4.78, 5) is 17.8. The van der Waals surface area contributed by atoms with Crippen molar-refractivity contribution in [2.24, 2.45) is 5.84 Å². The van der Waals surface area contributed by atoms with Crippen LogP contribution in [-0.4, -0.2) is 40.9 Å². The number of nitrogens with zero attached hydrogens (tertiary/aromatic N) is 2. The number of thioether (sulfide) groups is 1. The fourth-order valence-electron chi connectivity index (χ4n) is 1.34. The van der Waals surface area contributed by atoms with Crippen LogP contribution in [-0.2, 0) is 0 Å². The van der Waals surface area contributed by atoms with Gasteiger partial charge >= 0.3 is 0 Å². The Labute approximate surface area is 106 Å². The molecule has 1 heterocycles. The van der Waals surface area contributed by atoms with Crippen molar-refractivity contribution >= 4 is 23.4 Å². The number of nitrogens with one attached hydrogen (secondary N) is 1.